The lowest BCUT2D eigenvalue weighted by molar-refractivity contribution is 0.0466. The van der Waals surface area contributed by atoms with Crippen molar-refractivity contribution in [3.05, 3.63) is 86.0 Å². The molecule has 0 aliphatic carbocycles. The number of aryl methyl sites for hydroxylation is 2. The normalized spacial score (nSPS) is 11.1. The number of carbonyl (C=O) groups excluding carboxylic acids is 1. The molecule has 0 aliphatic rings. The van der Waals surface area contributed by atoms with Crippen molar-refractivity contribution in [2.75, 3.05) is 0 Å². The Morgan fingerprint density at radius 2 is 1.93 bits per heavy atom. The minimum Gasteiger partial charge on any atom is -0.455 e. The van der Waals surface area contributed by atoms with E-state index in [0.29, 0.717) is 28.5 Å². The van der Waals surface area contributed by atoms with Gasteiger partial charge in [-0.1, -0.05) is 29.8 Å². The first-order valence-corrected chi connectivity index (χ1v) is 10.0. The molecule has 1 aromatic carbocycles. The van der Waals surface area contributed by atoms with Crippen molar-refractivity contribution in [2.24, 2.45) is 0 Å². The number of ether oxygens (including phenoxy) is 1. The van der Waals surface area contributed by atoms with Gasteiger partial charge in [0.05, 0.1) is 23.6 Å². The van der Waals surface area contributed by atoms with Gasteiger partial charge in [0, 0.05) is 17.6 Å². The largest absolute Gasteiger partial charge is 0.455 e. The summed E-state index contributed by atoms with van der Waals surface area (Å²) in [5, 5.41) is 6.29. The zero-order valence-corrected chi connectivity index (χ0v) is 17.2. The highest BCUT2D eigenvalue weighted by Crippen LogP contribution is 2.17. The topological polar surface area (TPSA) is 78.5 Å². The predicted octanol–water partition coefficient (Wildman–Crippen LogP) is 3.28. The Labute approximate surface area is 171 Å². The lowest BCUT2D eigenvalue weighted by atomic mass is 10.1. The Hall–Kier alpha value is -3.26. The van der Waals surface area contributed by atoms with Crippen LogP contribution in [0.3, 0.4) is 0 Å². The van der Waals surface area contributed by atoms with E-state index in [2.05, 4.69) is 34.3 Å². The Kier molecular flexibility index (Phi) is 5.02. The number of hydrogen-bond acceptors (Lipinski definition) is 6. The first-order chi connectivity index (χ1) is 13.9. The van der Waals surface area contributed by atoms with Crippen LogP contribution in [-0.2, 0) is 17.9 Å². The number of thiazole rings is 1. The number of hydrogen-bond donors (Lipinski definition) is 0. The quantitative estimate of drug-likeness (QED) is 0.474. The third-order valence-electron chi connectivity index (χ3n) is 4.75. The summed E-state index contributed by atoms with van der Waals surface area (Å²) < 4.78 is 8.70. The van der Waals surface area contributed by atoms with E-state index < -0.39 is 5.97 Å². The number of esters is 1. The van der Waals surface area contributed by atoms with E-state index in [1.807, 2.05) is 13.8 Å². The third-order valence-corrected chi connectivity index (χ3v) is 5.50. The highest BCUT2D eigenvalue weighted by Gasteiger charge is 2.20. The van der Waals surface area contributed by atoms with Gasteiger partial charge in [-0.25, -0.2) is 9.78 Å². The van der Waals surface area contributed by atoms with Gasteiger partial charge in [0.2, 0.25) is 0 Å². The summed E-state index contributed by atoms with van der Waals surface area (Å²) in [7, 11) is 0. The maximum atomic E-state index is 12.7. The third kappa shape index (κ3) is 3.84. The molecule has 0 amide bonds. The molecule has 7 nitrogen and oxygen atoms in total. The van der Waals surface area contributed by atoms with Crippen molar-refractivity contribution < 1.29 is 9.53 Å². The Balaban J connectivity index is 1.51. The highest BCUT2D eigenvalue weighted by atomic mass is 32.1. The number of aromatic nitrogens is 4. The molecule has 0 saturated heterocycles. The molecule has 0 aliphatic heterocycles. The van der Waals surface area contributed by atoms with E-state index in [1.165, 1.54) is 27.4 Å². The minimum absolute atomic E-state index is 0.0650. The molecule has 0 atom stereocenters. The van der Waals surface area contributed by atoms with Gasteiger partial charge in [-0.3, -0.25) is 13.9 Å². The van der Waals surface area contributed by atoms with Crippen LogP contribution in [0.25, 0.3) is 4.96 Å². The van der Waals surface area contributed by atoms with Gasteiger partial charge in [0.25, 0.3) is 5.56 Å². The van der Waals surface area contributed by atoms with Crippen molar-refractivity contribution in [2.45, 2.75) is 33.9 Å². The molecule has 0 spiro atoms. The predicted molar refractivity (Wildman–Crippen MR) is 110 cm³/mol. The average Bonchev–Trinajstić information content (AvgIpc) is 3.26. The second-order valence-electron chi connectivity index (χ2n) is 6.91. The monoisotopic (exact) mass is 408 g/mol. The summed E-state index contributed by atoms with van der Waals surface area (Å²) >= 11 is 1.35. The Bertz CT molecular complexity index is 1250. The number of benzene rings is 1. The van der Waals surface area contributed by atoms with Crippen LogP contribution in [0.1, 0.15) is 38.6 Å². The van der Waals surface area contributed by atoms with Crippen LogP contribution in [0.15, 0.2) is 46.7 Å². The van der Waals surface area contributed by atoms with Gasteiger partial charge in [0.15, 0.2) is 4.96 Å². The van der Waals surface area contributed by atoms with E-state index in [1.54, 1.807) is 23.2 Å². The molecule has 3 aromatic heterocycles. The molecule has 0 fully saturated rings. The summed E-state index contributed by atoms with van der Waals surface area (Å²) in [4.78, 5) is 29.7. The van der Waals surface area contributed by atoms with Crippen LogP contribution in [0, 0.1) is 20.8 Å². The van der Waals surface area contributed by atoms with Crippen molar-refractivity contribution >= 4 is 22.3 Å². The number of carbonyl (C=O) groups is 1. The van der Waals surface area contributed by atoms with E-state index in [0.717, 1.165) is 11.3 Å². The van der Waals surface area contributed by atoms with Gasteiger partial charge in [-0.2, -0.15) is 5.10 Å². The second-order valence-corrected chi connectivity index (χ2v) is 7.78. The van der Waals surface area contributed by atoms with Crippen LogP contribution in [0.5, 0.6) is 0 Å². The maximum Gasteiger partial charge on any atom is 0.342 e. The van der Waals surface area contributed by atoms with Crippen LogP contribution in [0.4, 0.5) is 0 Å². The van der Waals surface area contributed by atoms with Gasteiger partial charge in [-0.15, -0.1) is 11.3 Å². The van der Waals surface area contributed by atoms with Gasteiger partial charge < -0.3 is 4.74 Å². The molecule has 0 radical (unpaired) electrons. The van der Waals surface area contributed by atoms with Crippen LogP contribution in [0.2, 0.25) is 0 Å². The maximum absolute atomic E-state index is 12.7. The molecule has 0 unspecified atom stereocenters. The van der Waals surface area contributed by atoms with Crippen molar-refractivity contribution in [1.29, 1.82) is 0 Å². The molecule has 8 heteroatoms. The first-order valence-electron chi connectivity index (χ1n) is 9.15. The summed E-state index contributed by atoms with van der Waals surface area (Å²) in [5.74, 6) is -0.469. The fourth-order valence-electron chi connectivity index (χ4n) is 3.19. The molecule has 0 bridgehead atoms. The molecule has 3 heterocycles. The van der Waals surface area contributed by atoms with Gasteiger partial charge in [0.1, 0.15) is 12.2 Å². The summed E-state index contributed by atoms with van der Waals surface area (Å²) in [6, 6.07) is 9.59. The molecule has 0 saturated carbocycles. The Morgan fingerprint density at radius 1 is 1.17 bits per heavy atom. The van der Waals surface area contributed by atoms with Crippen LogP contribution >= 0.6 is 11.3 Å². The van der Waals surface area contributed by atoms with Gasteiger partial charge in [-0.05, 0) is 26.3 Å². The van der Waals surface area contributed by atoms with Crippen LogP contribution in [-0.4, -0.2) is 25.1 Å². The van der Waals surface area contributed by atoms with Gasteiger partial charge >= 0.3 is 5.97 Å². The van der Waals surface area contributed by atoms with Crippen molar-refractivity contribution in [3.63, 3.8) is 0 Å². The zero-order chi connectivity index (χ0) is 20.5. The fourth-order valence-corrected chi connectivity index (χ4v) is 3.92. The second kappa shape index (κ2) is 7.63. The lowest BCUT2D eigenvalue weighted by Gasteiger charge is -2.07. The number of rotatable bonds is 5. The Morgan fingerprint density at radius 3 is 2.69 bits per heavy atom. The molecule has 4 rings (SSSR count). The fraction of sp³-hybridized carbons (Fsp3) is 0.238. The molecule has 148 valence electrons. The smallest absolute Gasteiger partial charge is 0.342 e. The minimum atomic E-state index is -0.469. The van der Waals surface area contributed by atoms with E-state index in [-0.39, 0.29) is 12.2 Å². The summed E-state index contributed by atoms with van der Waals surface area (Å²) in [5.41, 5.74) is 4.34. The van der Waals surface area contributed by atoms with E-state index in [9.17, 15) is 9.59 Å². The molecule has 4 aromatic rings. The number of nitrogens with zero attached hydrogens (tertiary/aromatic N) is 4. The summed E-state index contributed by atoms with van der Waals surface area (Å²) in [6.07, 6.45) is 1.67. The molecule has 0 N–H and O–H groups in total. The van der Waals surface area contributed by atoms with E-state index in [4.69, 9.17) is 4.74 Å². The van der Waals surface area contributed by atoms with E-state index >= 15 is 0 Å². The number of fused-ring (bicyclic) bond motifs is 1. The van der Waals surface area contributed by atoms with Crippen molar-refractivity contribution in [3.8, 4) is 0 Å². The molecule has 29 heavy (non-hydrogen) atoms. The van der Waals surface area contributed by atoms with Crippen LogP contribution < -0.4 is 5.56 Å². The lowest BCUT2D eigenvalue weighted by Crippen LogP contribution is -2.15. The molecular weight excluding hydrogens is 388 g/mol. The first kappa shape index (κ1) is 19.1. The highest BCUT2D eigenvalue weighted by molar-refractivity contribution is 7.15. The SMILES string of the molecule is Cc1ccc(Cn2nc(C)c(C(=O)OCc3cc(=O)n4ccsc4n3)c2C)cc1. The summed E-state index contributed by atoms with van der Waals surface area (Å²) in [6.45, 7) is 6.20. The average molecular weight is 408 g/mol. The van der Waals surface area contributed by atoms with Crippen molar-refractivity contribution in [1.82, 2.24) is 19.2 Å². The molecular formula is C21H20N4O3S. The standard InChI is InChI=1S/C21H20N4O3S/c1-13-4-6-16(7-5-13)11-25-15(3)19(14(2)23-25)20(27)28-12-17-10-18(26)24-8-9-29-21(24)22-17/h4-10H,11-12H2,1-3H3. The zero-order valence-electron chi connectivity index (χ0n) is 16.4.